The smallest absolute Gasteiger partial charge is 0.291 e. The summed E-state index contributed by atoms with van der Waals surface area (Å²) in [6, 6.07) is 21.7. The Hall–Kier alpha value is -4.72. The topological polar surface area (TPSA) is 100 Å². The second-order valence-corrected chi connectivity index (χ2v) is 7.65. The molecule has 0 aliphatic carbocycles. The molecule has 2 aromatic heterocycles. The average molecular weight is 454 g/mol. The van der Waals surface area contributed by atoms with E-state index in [2.05, 4.69) is 20.6 Å². The van der Waals surface area contributed by atoms with Gasteiger partial charge >= 0.3 is 0 Å². The Kier molecular flexibility index (Phi) is 5.61. The summed E-state index contributed by atoms with van der Waals surface area (Å²) in [5.41, 5.74) is 3.41. The number of hydrogen-bond donors (Lipinski definition) is 3. The molecular weight excluding hydrogens is 435 g/mol. The quantitative estimate of drug-likeness (QED) is 0.320. The van der Waals surface area contributed by atoms with E-state index in [9.17, 15) is 14.0 Å². The van der Waals surface area contributed by atoms with E-state index in [1.54, 1.807) is 72.8 Å². The van der Waals surface area contributed by atoms with E-state index in [1.807, 2.05) is 0 Å². The van der Waals surface area contributed by atoms with E-state index in [0.717, 1.165) is 5.52 Å². The first-order valence-corrected chi connectivity index (χ1v) is 10.5. The van der Waals surface area contributed by atoms with Gasteiger partial charge in [0.25, 0.3) is 11.8 Å². The van der Waals surface area contributed by atoms with Gasteiger partial charge in [-0.3, -0.25) is 9.59 Å². The second-order valence-electron chi connectivity index (χ2n) is 7.65. The van der Waals surface area contributed by atoms with Gasteiger partial charge in [-0.2, -0.15) is 0 Å². The fourth-order valence-corrected chi connectivity index (χ4v) is 3.59. The average Bonchev–Trinajstić information content (AvgIpc) is 3.50. The van der Waals surface area contributed by atoms with Crippen LogP contribution in [0.4, 0.5) is 15.8 Å². The first kappa shape index (κ1) is 21.1. The summed E-state index contributed by atoms with van der Waals surface area (Å²) in [7, 11) is 0. The number of aromatic amines is 1. The molecule has 0 unspecified atom stereocenters. The molecule has 0 bridgehead atoms. The number of carbonyl (C=O) groups is 2. The number of anilines is 2. The van der Waals surface area contributed by atoms with Crippen LogP contribution in [0.5, 0.6) is 0 Å². The third-order valence-corrected chi connectivity index (χ3v) is 5.23. The normalized spacial score (nSPS) is 10.9. The maximum absolute atomic E-state index is 14.0. The van der Waals surface area contributed by atoms with E-state index in [0.29, 0.717) is 40.3 Å². The Morgan fingerprint density at radius 3 is 2.53 bits per heavy atom. The molecule has 3 aromatic carbocycles. The monoisotopic (exact) mass is 454 g/mol. The number of aromatic nitrogens is 2. The summed E-state index contributed by atoms with van der Waals surface area (Å²) < 4.78 is 19.0. The van der Waals surface area contributed by atoms with Crippen LogP contribution in [0.15, 0.2) is 89.5 Å². The summed E-state index contributed by atoms with van der Waals surface area (Å²) in [6.07, 6.45) is 1.75. The number of rotatable bonds is 6. The van der Waals surface area contributed by atoms with Gasteiger partial charge in [0.2, 0.25) is 0 Å². The molecule has 34 heavy (non-hydrogen) atoms. The number of carbonyl (C=O) groups excluding carboxylic acids is 2. The molecule has 168 valence electrons. The summed E-state index contributed by atoms with van der Waals surface area (Å²) in [5.74, 6) is -0.211. The predicted octanol–water partition coefficient (Wildman–Crippen LogP) is 5.39. The molecule has 0 fully saturated rings. The van der Waals surface area contributed by atoms with Crippen molar-refractivity contribution in [2.45, 2.75) is 6.42 Å². The number of imidazole rings is 1. The van der Waals surface area contributed by atoms with Crippen LogP contribution in [-0.4, -0.2) is 21.8 Å². The van der Waals surface area contributed by atoms with Gasteiger partial charge in [0.15, 0.2) is 5.76 Å². The number of benzene rings is 3. The van der Waals surface area contributed by atoms with Gasteiger partial charge in [-0.1, -0.05) is 24.3 Å². The Bertz CT molecular complexity index is 1490. The highest BCUT2D eigenvalue weighted by Gasteiger charge is 2.12. The molecule has 2 amide bonds. The highest BCUT2D eigenvalue weighted by atomic mass is 19.1. The zero-order valence-electron chi connectivity index (χ0n) is 17.8. The molecule has 5 aromatic rings. The molecule has 3 N–H and O–H groups in total. The minimum Gasteiger partial charge on any atom is -0.459 e. The zero-order valence-corrected chi connectivity index (χ0v) is 17.8. The molecular formula is C26H19FN4O3. The molecule has 2 heterocycles. The van der Waals surface area contributed by atoms with Crippen LogP contribution < -0.4 is 10.6 Å². The number of halogens is 1. The van der Waals surface area contributed by atoms with E-state index >= 15 is 0 Å². The van der Waals surface area contributed by atoms with Gasteiger partial charge in [-0.25, -0.2) is 9.37 Å². The number of nitrogens with zero attached hydrogens (tertiary/aromatic N) is 1. The summed E-state index contributed by atoms with van der Waals surface area (Å²) in [5, 5.41) is 5.55. The third kappa shape index (κ3) is 4.56. The van der Waals surface area contributed by atoms with E-state index < -0.39 is 5.91 Å². The van der Waals surface area contributed by atoms with Crippen LogP contribution in [0.2, 0.25) is 0 Å². The van der Waals surface area contributed by atoms with Crippen LogP contribution >= 0.6 is 0 Å². The Labute approximate surface area is 193 Å². The van der Waals surface area contributed by atoms with Crippen molar-refractivity contribution in [1.82, 2.24) is 9.97 Å². The fourth-order valence-electron chi connectivity index (χ4n) is 3.59. The van der Waals surface area contributed by atoms with Crippen LogP contribution in [0.1, 0.15) is 32.3 Å². The summed E-state index contributed by atoms with van der Waals surface area (Å²) >= 11 is 0. The standard InChI is InChI=1S/C26H19FN4O3/c27-20-8-2-1-5-16(20)14-24-30-21-11-10-19(15-22(21)31-24)28-25(32)17-6-3-7-18(13-17)29-26(33)23-9-4-12-34-23/h1-13,15H,14H2,(H,28,32)(H,29,33)(H,30,31). The van der Waals surface area contributed by atoms with Crippen LogP contribution in [0.3, 0.4) is 0 Å². The van der Waals surface area contributed by atoms with Crippen molar-refractivity contribution in [2.24, 2.45) is 0 Å². The first-order valence-electron chi connectivity index (χ1n) is 10.5. The molecule has 0 saturated heterocycles. The van der Waals surface area contributed by atoms with Crippen molar-refractivity contribution < 1.29 is 18.4 Å². The maximum Gasteiger partial charge on any atom is 0.291 e. The maximum atomic E-state index is 14.0. The first-order chi connectivity index (χ1) is 16.5. The Morgan fingerprint density at radius 1 is 0.882 bits per heavy atom. The van der Waals surface area contributed by atoms with Gasteiger partial charge in [0.05, 0.1) is 17.3 Å². The number of H-pyrrole nitrogens is 1. The second kappa shape index (κ2) is 9.03. The lowest BCUT2D eigenvalue weighted by Gasteiger charge is -2.08. The molecule has 0 saturated carbocycles. The highest BCUT2D eigenvalue weighted by molar-refractivity contribution is 6.07. The van der Waals surface area contributed by atoms with Crippen LogP contribution in [0.25, 0.3) is 11.0 Å². The molecule has 0 aliphatic rings. The molecule has 0 spiro atoms. The van der Waals surface area contributed by atoms with Gasteiger partial charge in [0, 0.05) is 23.4 Å². The minimum absolute atomic E-state index is 0.178. The lowest BCUT2D eigenvalue weighted by Crippen LogP contribution is -2.14. The predicted molar refractivity (Wildman–Crippen MR) is 126 cm³/mol. The number of fused-ring (bicyclic) bond motifs is 1. The van der Waals surface area contributed by atoms with E-state index in [4.69, 9.17) is 4.42 Å². The SMILES string of the molecule is O=C(Nc1ccc2nc(Cc3ccccc3F)[nH]c2c1)c1cccc(NC(=O)c2ccco2)c1. The zero-order chi connectivity index (χ0) is 23.5. The third-order valence-electron chi connectivity index (χ3n) is 5.23. The van der Waals surface area contributed by atoms with Gasteiger partial charge in [-0.05, 0) is 60.2 Å². The van der Waals surface area contributed by atoms with Gasteiger partial charge in [-0.15, -0.1) is 0 Å². The van der Waals surface area contributed by atoms with Crippen LogP contribution in [0, 0.1) is 5.82 Å². The highest BCUT2D eigenvalue weighted by Crippen LogP contribution is 2.21. The van der Waals surface area contributed by atoms with Gasteiger partial charge < -0.3 is 20.0 Å². The largest absolute Gasteiger partial charge is 0.459 e. The van der Waals surface area contributed by atoms with E-state index in [-0.39, 0.29) is 17.5 Å². The Morgan fingerprint density at radius 2 is 1.71 bits per heavy atom. The Balaban J connectivity index is 1.29. The summed E-state index contributed by atoms with van der Waals surface area (Å²) in [4.78, 5) is 32.7. The van der Waals surface area contributed by atoms with E-state index in [1.165, 1.54) is 12.3 Å². The van der Waals surface area contributed by atoms with Gasteiger partial charge in [0.1, 0.15) is 11.6 Å². The number of amides is 2. The molecule has 8 heteroatoms. The van der Waals surface area contributed by atoms with Crippen LogP contribution in [-0.2, 0) is 6.42 Å². The number of hydrogen-bond acceptors (Lipinski definition) is 4. The van der Waals surface area contributed by atoms with Crippen molar-refractivity contribution in [2.75, 3.05) is 10.6 Å². The van der Waals surface area contributed by atoms with Crippen molar-refractivity contribution in [3.8, 4) is 0 Å². The van der Waals surface area contributed by atoms with Crippen molar-refractivity contribution >= 4 is 34.2 Å². The molecule has 0 aliphatic heterocycles. The molecule has 0 atom stereocenters. The molecule has 7 nitrogen and oxygen atoms in total. The lowest BCUT2D eigenvalue weighted by molar-refractivity contribution is 0.0993. The number of furan rings is 1. The summed E-state index contributed by atoms with van der Waals surface area (Å²) in [6.45, 7) is 0. The number of nitrogens with one attached hydrogen (secondary N) is 3. The fraction of sp³-hybridized carbons (Fsp3) is 0.0385. The molecule has 5 rings (SSSR count). The molecule has 0 radical (unpaired) electrons. The van der Waals surface area contributed by atoms with Crippen molar-refractivity contribution in [3.63, 3.8) is 0 Å². The minimum atomic E-state index is -0.404. The lowest BCUT2D eigenvalue weighted by atomic mass is 10.1. The van der Waals surface area contributed by atoms with Crippen molar-refractivity contribution in [3.05, 3.63) is 114 Å². The van der Waals surface area contributed by atoms with Crippen molar-refractivity contribution in [1.29, 1.82) is 0 Å².